The van der Waals surface area contributed by atoms with Crippen molar-refractivity contribution in [2.45, 2.75) is 0 Å². The quantitative estimate of drug-likeness (QED) is 0.481. The van der Waals surface area contributed by atoms with E-state index in [1.807, 2.05) is 48.5 Å². The van der Waals surface area contributed by atoms with Crippen molar-refractivity contribution in [1.29, 1.82) is 0 Å². The van der Waals surface area contributed by atoms with Crippen molar-refractivity contribution in [3.05, 3.63) is 72.3 Å². The van der Waals surface area contributed by atoms with Crippen molar-refractivity contribution in [3.8, 4) is 17.2 Å². The van der Waals surface area contributed by atoms with E-state index in [0.717, 1.165) is 11.2 Å². The highest BCUT2D eigenvalue weighted by atomic mass is 32.1. The second-order valence-electron chi connectivity index (χ2n) is 6.80. The third-order valence-corrected chi connectivity index (χ3v) is 4.86. The number of para-hydroxylation sites is 1. The van der Waals surface area contributed by atoms with Gasteiger partial charge in [-0.15, -0.1) is 10.2 Å². The molecule has 154 valence electrons. The topological polar surface area (TPSA) is 90.3 Å². The third kappa shape index (κ3) is 4.03. The molecule has 1 aliphatic heterocycles. The highest BCUT2D eigenvalue weighted by Crippen LogP contribution is 2.30. The van der Waals surface area contributed by atoms with E-state index in [1.54, 1.807) is 23.0 Å². The number of hydrogen-bond donors (Lipinski definition) is 2. The first-order valence-electron chi connectivity index (χ1n) is 9.60. The Balaban J connectivity index is 1.28. The standard InChI is InChI=1S/C22H17N5O3S/c28-21(14-6-9-19-20(12-14)30-11-10-29-19)24-22(31)23-15-7-8-17-18(13-15)26-27(25-17)16-4-2-1-3-5-16/h1-9,12-13H,10-11H2,(H2,23,24,28,31). The summed E-state index contributed by atoms with van der Waals surface area (Å²) in [4.78, 5) is 14.1. The lowest BCUT2D eigenvalue weighted by Crippen LogP contribution is -2.34. The smallest absolute Gasteiger partial charge is 0.257 e. The number of thiocarbonyl (C=S) groups is 1. The molecule has 2 heterocycles. The number of fused-ring (bicyclic) bond motifs is 2. The number of rotatable bonds is 3. The molecule has 0 bridgehead atoms. The monoisotopic (exact) mass is 431 g/mol. The number of aromatic nitrogens is 3. The van der Waals surface area contributed by atoms with Gasteiger partial charge in [-0.1, -0.05) is 18.2 Å². The molecule has 0 atom stereocenters. The summed E-state index contributed by atoms with van der Waals surface area (Å²) in [5.74, 6) is 0.829. The molecule has 1 aliphatic rings. The van der Waals surface area contributed by atoms with Crippen LogP contribution in [0.2, 0.25) is 0 Å². The van der Waals surface area contributed by atoms with Crippen LogP contribution in [0.5, 0.6) is 11.5 Å². The summed E-state index contributed by atoms with van der Waals surface area (Å²) >= 11 is 5.30. The molecule has 1 aromatic heterocycles. The van der Waals surface area contributed by atoms with Gasteiger partial charge in [0.25, 0.3) is 5.91 Å². The van der Waals surface area contributed by atoms with Crippen molar-refractivity contribution in [2.75, 3.05) is 18.5 Å². The number of hydrogen-bond acceptors (Lipinski definition) is 6. The van der Waals surface area contributed by atoms with Gasteiger partial charge in [-0.05, 0) is 60.7 Å². The fourth-order valence-electron chi connectivity index (χ4n) is 3.19. The van der Waals surface area contributed by atoms with Gasteiger partial charge in [0.1, 0.15) is 24.2 Å². The van der Waals surface area contributed by atoms with E-state index in [0.29, 0.717) is 41.5 Å². The summed E-state index contributed by atoms with van der Waals surface area (Å²) in [7, 11) is 0. The van der Waals surface area contributed by atoms with Crippen molar-refractivity contribution in [2.24, 2.45) is 0 Å². The minimum atomic E-state index is -0.342. The number of carbonyl (C=O) groups excluding carboxylic acids is 1. The molecule has 9 heteroatoms. The van der Waals surface area contributed by atoms with E-state index < -0.39 is 0 Å². The van der Waals surface area contributed by atoms with E-state index in [9.17, 15) is 4.79 Å². The zero-order valence-electron chi connectivity index (χ0n) is 16.2. The summed E-state index contributed by atoms with van der Waals surface area (Å²) in [6, 6.07) is 20.2. The van der Waals surface area contributed by atoms with Crippen LogP contribution in [0.1, 0.15) is 10.4 Å². The van der Waals surface area contributed by atoms with Crippen molar-refractivity contribution < 1.29 is 14.3 Å². The fourth-order valence-corrected chi connectivity index (χ4v) is 3.40. The molecule has 0 saturated carbocycles. The summed E-state index contributed by atoms with van der Waals surface area (Å²) in [5, 5.41) is 14.9. The fraction of sp³-hybridized carbons (Fsp3) is 0.0909. The highest BCUT2D eigenvalue weighted by molar-refractivity contribution is 7.80. The van der Waals surface area contributed by atoms with Gasteiger partial charge in [0, 0.05) is 11.3 Å². The Morgan fingerprint density at radius 3 is 2.52 bits per heavy atom. The normalized spacial score (nSPS) is 12.4. The van der Waals surface area contributed by atoms with Gasteiger partial charge in [-0.25, -0.2) is 0 Å². The molecule has 0 saturated heterocycles. The van der Waals surface area contributed by atoms with Gasteiger partial charge >= 0.3 is 0 Å². The van der Waals surface area contributed by atoms with Gasteiger partial charge < -0.3 is 14.8 Å². The maximum Gasteiger partial charge on any atom is 0.257 e. The molecular weight excluding hydrogens is 414 g/mol. The summed E-state index contributed by atoms with van der Waals surface area (Å²) in [5.41, 5.74) is 3.45. The summed E-state index contributed by atoms with van der Waals surface area (Å²) in [6.45, 7) is 0.950. The van der Waals surface area contributed by atoms with Gasteiger partial charge in [0.05, 0.1) is 5.69 Å². The first-order valence-corrected chi connectivity index (χ1v) is 10.0. The molecule has 8 nitrogen and oxygen atoms in total. The number of benzene rings is 3. The van der Waals surface area contributed by atoms with Crippen molar-refractivity contribution >= 4 is 40.0 Å². The molecule has 0 aliphatic carbocycles. The number of nitrogens with zero attached hydrogens (tertiary/aromatic N) is 3. The maximum absolute atomic E-state index is 12.5. The van der Waals surface area contributed by atoms with Crippen LogP contribution in [-0.2, 0) is 0 Å². The first-order chi connectivity index (χ1) is 15.2. The van der Waals surface area contributed by atoms with Crippen LogP contribution in [0, 0.1) is 0 Å². The summed E-state index contributed by atoms with van der Waals surface area (Å²) < 4.78 is 11.0. The van der Waals surface area contributed by atoms with Crippen LogP contribution in [0.15, 0.2) is 66.7 Å². The van der Waals surface area contributed by atoms with E-state index in [-0.39, 0.29) is 11.0 Å². The average Bonchev–Trinajstić information content (AvgIpc) is 3.23. The van der Waals surface area contributed by atoms with Gasteiger partial charge in [0.2, 0.25) is 0 Å². The zero-order chi connectivity index (χ0) is 21.2. The van der Waals surface area contributed by atoms with Crippen molar-refractivity contribution in [1.82, 2.24) is 20.3 Å². The maximum atomic E-state index is 12.5. The first kappa shape index (κ1) is 19.0. The number of carbonyl (C=O) groups is 1. The van der Waals surface area contributed by atoms with E-state index in [2.05, 4.69) is 20.8 Å². The van der Waals surface area contributed by atoms with Crippen LogP contribution in [0.25, 0.3) is 16.7 Å². The molecule has 0 unspecified atom stereocenters. The minimum Gasteiger partial charge on any atom is -0.486 e. The van der Waals surface area contributed by atoms with E-state index >= 15 is 0 Å². The second-order valence-corrected chi connectivity index (χ2v) is 7.20. The third-order valence-electron chi connectivity index (χ3n) is 4.66. The molecule has 4 aromatic rings. The Morgan fingerprint density at radius 2 is 1.68 bits per heavy atom. The number of ether oxygens (including phenoxy) is 2. The molecule has 3 aromatic carbocycles. The Morgan fingerprint density at radius 1 is 0.903 bits per heavy atom. The van der Waals surface area contributed by atoms with Gasteiger partial charge in [-0.2, -0.15) is 4.80 Å². The van der Waals surface area contributed by atoms with Crippen LogP contribution in [0.4, 0.5) is 5.69 Å². The molecule has 0 spiro atoms. The molecule has 5 rings (SSSR count). The highest BCUT2D eigenvalue weighted by Gasteiger charge is 2.16. The molecule has 31 heavy (non-hydrogen) atoms. The van der Waals surface area contributed by atoms with Crippen LogP contribution in [-0.4, -0.2) is 39.2 Å². The van der Waals surface area contributed by atoms with Crippen LogP contribution >= 0.6 is 12.2 Å². The zero-order valence-corrected chi connectivity index (χ0v) is 17.1. The molecule has 0 fully saturated rings. The summed E-state index contributed by atoms with van der Waals surface area (Å²) in [6.07, 6.45) is 0. The predicted octanol–water partition coefficient (Wildman–Crippen LogP) is 3.32. The molecule has 1 amide bonds. The lowest BCUT2D eigenvalue weighted by Gasteiger charge is -2.18. The Bertz CT molecular complexity index is 1290. The van der Waals surface area contributed by atoms with Gasteiger partial charge in [0.15, 0.2) is 16.6 Å². The predicted molar refractivity (Wildman–Crippen MR) is 120 cm³/mol. The lowest BCUT2D eigenvalue weighted by atomic mass is 10.2. The van der Waals surface area contributed by atoms with E-state index in [1.165, 1.54) is 0 Å². The number of anilines is 1. The molecule has 2 N–H and O–H groups in total. The molecule has 0 radical (unpaired) electrons. The van der Waals surface area contributed by atoms with Crippen LogP contribution < -0.4 is 20.1 Å². The minimum absolute atomic E-state index is 0.176. The Hall–Kier alpha value is -3.98. The Kier molecular flexibility index (Phi) is 4.93. The average molecular weight is 431 g/mol. The SMILES string of the molecule is O=C(NC(=S)Nc1ccc2nn(-c3ccccc3)nc2c1)c1ccc2c(c1)OCCO2. The number of amides is 1. The largest absolute Gasteiger partial charge is 0.486 e. The lowest BCUT2D eigenvalue weighted by molar-refractivity contribution is 0.0976. The van der Waals surface area contributed by atoms with Crippen molar-refractivity contribution in [3.63, 3.8) is 0 Å². The van der Waals surface area contributed by atoms with Gasteiger partial charge in [-0.3, -0.25) is 10.1 Å². The second kappa shape index (κ2) is 8.04. The Labute approximate surface area is 182 Å². The van der Waals surface area contributed by atoms with Crippen LogP contribution in [0.3, 0.4) is 0 Å². The number of nitrogens with one attached hydrogen (secondary N) is 2. The van der Waals surface area contributed by atoms with E-state index in [4.69, 9.17) is 21.7 Å². The molecular formula is C22H17N5O3S.